The van der Waals surface area contributed by atoms with Crippen molar-refractivity contribution < 1.29 is 23.8 Å². The minimum Gasteiger partial charge on any atom is -0.493 e. The molecule has 1 amide bonds. The van der Waals surface area contributed by atoms with Gasteiger partial charge in [0.15, 0.2) is 0 Å². The number of hydrogen-bond acceptors (Lipinski definition) is 6. The predicted octanol–water partition coefficient (Wildman–Crippen LogP) is 7.36. The largest absolute Gasteiger partial charge is 0.493 e. The number of thioether (sulfide) groups is 1. The zero-order valence-electron chi connectivity index (χ0n) is 25.0. The van der Waals surface area contributed by atoms with Crippen molar-refractivity contribution in [3.63, 3.8) is 0 Å². The van der Waals surface area contributed by atoms with Gasteiger partial charge in [-0.1, -0.05) is 61.7 Å². The number of rotatable bonds is 14. The molecule has 3 aromatic carbocycles. The Hall–Kier alpha value is -3.29. The van der Waals surface area contributed by atoms with Gasteiger partial charge in [-0.2, -0.15) is 11.8 Å². The number of hydrogen-bond donors (Lipinski definition) is 1. The van der Waals surface area contributed by atoms with Crippen LogP contribution in [0.4, 0.5) is 0 Å². The molecule has 0 aliphatic heterocycles. The van der Waals surface area contributed by atoms with E-state index in [1.165, 1.54) is 39.2 Å². The highest BCUT2D eigenvalue weighted by Crippen LogP contribution is 2.29. The van der Waals surface area contributed by atoms with Crippen LogP contribution in [0.2, 0.25) is 0 Å². The van der Waals surface area contributed by atoms with E-state index in [2.05, 4.69) is 17.4 Å². The number of ether oxygens (including phenoxy) is 3. The van der Waals surface area contributed by atoms with Crippen molar-refractivity contribution in [1.82, 2.24) is 5.32 Å². The van der Waals surface area contributed by atoms with E-state index in [0.717, 1.165) is 45.9 Å². The van der Waals surface area contributed by atoms with E-state index in [1.54, 1.807) is 11.8 Å². The lowest BCUT2D eigenvalue weighted by atomic mass is 9.90. The van der Waals surface area contributed by atoms with E-state index in [1.807, 2.05) is 67.8 Å². The maximum absolute atomic E-state index is 13.5. The summed E-state index contributed by atoms with van der Waals surface area (Å²) >= 11 is 1.62. The summed E-state index contributed by atoms with van der Waals surface area (Å²) in [5.41, 5.74) is 5.35. The van der Waals surface area contributed by atoms with Crippen LogP contribution in [0.1, 0.15) is 65.6 Å². The minimum atomic E-state index is -0.704. The third-order valence-corrected chi connectivity index (χ3v) is 8.46. The van der Waals surface area contributed by atoms with Crippen molar-refractivity contribution in [2.24, 2.45) is 5.92 Å². The first-order valence-corrected chi connectivity index (χ1v) is 16.2. The van der Waals surface area contributed by atoms with Crippen molar-refractivity contribution >= 4 is 23.6 Å². The topological polar surface area (TPSA) is 73.9 Å². The van der Waals surface area contributed by atoms with Gasteiger partial charge in [0.05, 0.1) is 26.9 Å². The molecule has 1 N–H and O–H groups in total. The standard InChI is InChI=1S/C35H43NO5S/c1-25-10-7-8-15-30(25)32-21-28(16-17-31(32)34(37)36-33(18-19-42-3)35(38)39-2)23-40-22-27-13-9-14-29(20-27)41-24-26-11-5-4-6-12-26/h7-10,13-17,20-21,26,33H,4-6,11-12,18-19,22-24H2,1-3H3,(H,36,37)/t33-/m0/s1. The number of aryl methyl sites for hydroxylation is 1. The van der Waals surface area contributed by atoms with Gasteiger partial charge < -0.3 is 19.5 Å². The van der Waals surface area contributed by atoms with Gasteiger partial charge >= 0.3 is 5.97 Å². The average molecular weight is 590 g/mol. The van der Waals surface area contributed by atoms with E-state index in [9.17, 15) is 9.59 Å². The normalized spacial score (nSPS) is 14.3. The third-order valence-electron chi connectivity index (χ3n) is 7.81. The van der Waals surface area contributed by atoms with Gasteiger partial charge in [-0.3, -0.25) is 4.79 Å². The lowest BCUT2D eigenvalue weighted by Crippen LogP contribution is -2.42. The first kappa shape index (κ1) is 31.6. The summed E-state index contributed by atoms with van der Waals surface area (Å²) in [4.78, 5) is 25.8. The van der Waals surface area contributed by atoms with Gasteiger partial charge in [-0.05, 0) is 96.2 Å². The molecule has 0 spiro atoms. The molecule has 0 saturated heterocycles. The molecule has 0 aromatic heterocycles. The highest BCUT2D eigenvalue weighted by molar-refractivity contribution is 7.98. The minimum absolute atomic E-state index is 0.303. The molecule has 7 heteroatoms. The molecule has 1 fully saturated rings. The fraction of sp³-hybridized carbons (Fsp3) is 0.429. The van der Waals surface area contributed by atoms with Crippen LogP contribution in [0, 0.1) is 12.8 Å². The summed E-state index contributed by atoms with van der Waals surface area (Å²) in [6.07, 6.45) is 8.96. The zero-order valence-corrected chi connectivity index (χ0v) is 25.8. The van der Waals surface area contributed by atoms with E-state index in [0.29, 0.717) is 31.1 Å². The molecule has 4 rings (SSSR count). The second-order valence-corrected chi connectivity index (χ2v) is 12.0. The Morgan fingerprint density at radius 3 is 2.43 bits per heavy atom. The summed E-state index contributed by atoms with van der Waals surface area (Å²) in [5, 5.41) is 2.90. The number of carbonyl (C=O) groups excluding carboxylic acids is 2. The molecule has 6 nitrogen and oxygen atoms in total. The van der Waals surface area contributed by atoms with Gasteiger partial charge in [0, 0.05) is 5.56 Å². The Kier molecular flexibility index (Phi) is 12.3. The molecule has 224 valence electrons. The van der Waals surface area contributed by atoms with E-state index in [4.69, 9.17) is 14.2 Å². The van der Waals surface area contributed by atoms with Crippen LogP contribution >= 0.6 is 11.8 Å². The number of amides is 1. The summed E-state index contributed by atoms with van der Waals surface area (Å²) in [6.45, 7) is 3.66. The molecule has 1 aliphatic rings. The SMILES string of the molecule is COC(=O)[C@H](CCSC)NC(=O)c1ccc(COCc2cccc(OCC3CCCCC3)c2)cc1-c1ccccc1C. The molecular weight excluding hydrogens is 546 g/mol. The Morgan fingerprint density at radius 1 is 0.929 bits per heavy atom. The molecule has 0 radical (unpaired) electrons. The van der Waals surface area contributed by atoms with Crippen LogP contribution in [-0.4, -0.2) is 43.6 Å². The Balaban J connectivity index is 1.45. The Labute approximate surface area is 254 Å². The van der Waals surface area contributed by atoms with Crippen LogP contribution in [0.5, 0.6) is 5.75 Å². The van der Waals surface area contributed by atoms with Crippen molar-refractivity contribution in [3.8, 4) is 16.9 Å². The fourth-order valence-corrected chi connectivity index (χ4v) is 5.89. The van der Waals surface area contributed by atoms with Crippen molar-refractivity contribution in [2.75, 3.05) is 25.7 Å². The number of methoxy groups -OCH3 is 1. The number of benzene rings is 3. The number of nitrogens with one attached hydrogen (secondary N) is 1. The van der Waals surface area contributed by atoms with Crippen LogP contribution in [0.15, 0.2) is 66.7 Å². The lowest BCUT2D eigenvalue weighted by Gasteiger charge is -2.21. The van der Waals surface area contributed by atoms with Gasteiger partial charge in [0.25, 0.3) is 5.91 Å². The molecule has 42 heavy (non-hydrogen) atoms. The van der Waals surface area contributed by atoms with Crippen LogP contribution in [0.3, 0.4) is 0 Å². The van der Waals surface area contributed by atoms with Crippen molar-refractivity contribution in [1.29, 1.82) is 0 Å². The first-order chi connectivity index (χ1) is 20.5. The number of carbonyl (C=O) groups is 2. The van der Waals surface area contributed by atoms with E-state index < -0.39 is 12.0 Å². The predicted molar refractivity (Wildman–Crippen MR) is 170 cm³/mol. The summed E-state index contributed by atoms with van der Waals surface area (Å²) in [6, 6.07) is 21.2. The van der Waals surface area contributed by atoms with E-state index >= 15 is 0 Å². The summed E-state index contributed by atoms with van der Waals surface area (Å²) in [7, 11) is 1.34. The lowest BCUT2D eigenvalue weighted by molar-refractivity contribution is -0.142. The zero-order chi connectivity index (χ0) is 29.7. The molecule has 1 aliphatic carbocycles. The molecule has 1 saturated carbocycles. The van der Waals surface area contributed by atoms with Crippen LogP contribution in [0.25, 0.3) is 11.1 Å². The molecule has 0 heterocycles. The highest BCUT2D eigenvalue weighted by Gasteiger charge is 2.24. The van der Waals surface area contributed by atoms with Gasteiger partial charge in [0.1, 0.15) is 11.8 Å². The van der Waals surface area contributed by atoms with Crippen molar-refractivity contribution in [2.45, 2.75) is 64.7 Å². The maximum atomic E-state index is 13.5. The second-order valence-electron chi connectivity index (χ2n) is 11.0. The fourth-order valence-electron chi connectivity index (χ4n) is 5.42. The van der Waals surface area contributed by atoms with Gasteiger partial charge in [0.2, 0.25) is 0 Å². The molecule has 0 bridgehead atoms. The van der Waals surface area contributed by atoms with Gasteiger partial charge in [-0.15, -0.1) is 0 Å². The average Bonchev–Trinajstić information content (AvgIpc) is 3.02. The van der Waals surface area contributed by atoms with Crippen LogP contribution < -0.4 is 10.1 Å². The monoisotopic (exact) mass is 589 g/mol. The van der Waals surface area contributed by atoms with Gasteiger partial charge in [-0.25, -0.2) is 4.79 Å². The highest BCUT2D eigenvalue weighted by atomic mass is 32.2. The van der Waals surface area contributed by atoms with Crippen molar-refractivity contribution in [3.05, 3.63) is 89.0 Å². The quantitative estimate of drug-likeness (QED) is 0.198. The second kappa shape index (κ2) is 16.4. The van der Waals surface area contributed by atoms with Crippen LogP contribution in [-0.2, 0) is 27.5 Å². The maximum Gasteiger partial charge on any atom is 0.328 e. The molecule has 1 atom stereocenters. The Bertz CT molecular complexity index is 1320. The van der Waals surface area contributed by atoms with E-state index in [-0.39, 0.29) is 5.91 Å². The third kappa shape index (κ3) is 9.10. The molecule has 0 unspecified atom stereocenters. The summed E-state index contributed by atoms with van der Waals surface area (Å²) < 4.78 is 17.2. The summed E-state index contributed by atoms with van der Waals surface area (Å²) in [5.74, 6) is 1.54. The molecular formula is C35H43NO5S. The first-order valence-electron chi connectivity index (χ1n) is 14.8. The number of esters is 1. The Morgan fingerprint density at radius 2 is 1.69 bits per heavy atom. The smallest absolute Gasteiger partial charge is 0.328 e. The molecule has 3 aromatic rings.